The number of rotatable bonds is 10. The number of nitrogens with zero attached hydrogens (tertiary/aromatic N) is 5. The number of aryl methyl sites for hydroxylation is 1. The van der Waals surface area contributed by atoms with E-state index in [0.29, 0.717) is 18.0 Å². The van der Waals surface area contributed by atoms with E-state index < -0.39 is 0 Å². The minimum absolute atomic E-state index is 0.0412. The van der Waals surface area contributed by atoms with Crippen LogP contribution in [0.25, 0.3) is 5.65 Å². The molecule has 0 radical (unpaired) electrons. The molecule has 8 heteroatoms. The summed E-state index contributed by atoms with van der Waals surface area (Å²) in [5.41, 5.74) is 5.23. The zero-order chi connectivity index (χ0) is 26.7. The molecule has 0 bridgehead atoms. The van der Waals surface area contributed by atoms with Crippen LogP contribution in [0.2, 0.25) is 0 Å². The number of nitrogens with one attached hydrogen (secondary N) is 1. The standard InChI is InChI=1S/C29H40N6O2/c1-7-25-29(33(14-12-20(2)3)17-16-32(5)6)35-19-23(8-11-27(35)31-25)28(37)30-24-9-10-26-22(18-24)13-15-34(26)21(4)36/h8-11,18-20H,7,12-17H2,1-6H3,(H,30,37). The first-order valence-electron chi connectivity index (χ1n) is 13.3. The molecule has 2 aromatic heterocycles. The molecular formula is C29H40N6O2. The smallest absolute Gasteiger partial charge is 0.257 e. The molecule has 1 N–H and O–H groups in total. The molecule has 0 unspecified atom stereocenters. The Morgan fingerprint density at radius 3 is 2.57 bits per heavy atom. The molecule has 37 heavy (non-hydrogen) atoms. The van der Waals surface area contributed by atoms with Gasteiger partial charge in [-0.25, -0.2) is 4.98 Å². The fourth-order valence-electron chi connectivity index (χ4n) is 4.86. The maximum atomic E-state index is 13.3. The van der Waals surface area contributed by atoms with Gasteiger partial charge in [-0.3, -0.25) is 14.0 Å². The topological polar surface area (TPSA) is 73.2 Å². The van der Waals surface area contributed by atoms with Gasteiger partial charge >= 0.3 is 0 Å². The zero-order valence-electron chi connectivity index (χ0n) is 23.0. The minimum Gasteiger partial charge on any atom is -0.355 e. The highest BCUT2D eigenvalue weighted by atomic mass is 16.2. The van der Waals surface area contributed by atoms with Gasteiger partial charge in [-0.1, -0.05) is 20.8 Å². The van der Waals surface area contributed by atoms with Gasteiger partial charge in [0.1, 0.15) is 11.5 Å². The Kier molecular flexibility index (Phi) is 8.17. The lowest BCUT2D eigenvalue weighted by Gasteiger charge is -2.27. The molecule has 3 aromatic rings. The Morgan fingerprint density at radius 2 is 1.89 bits per heavy atom. The highest BCUT2D eigenvalue weighted by molar-refractivity contribution is 6.04. The summed E-state index contributed by atoms with van der Waals surface area (Å²) >= 11 is 0. The first-order valence-corrected chi connectivity index (χ1v) is 13.3. The van der Waals surface area contributed by atoms with E-state index in [1.54, 1.807) is 11.8 Å². The normalized spacial score (nSPS) is 13.0. The first-order chi connectivity index (χ1) is 17.7. The van der Waals surface area contributed by atoms with E-state index in [9.17, 15) is 9.59 Å². The lowest BCUT2D eigenvalue weighted by atomic mass is 10.1. The van der Waals surface area contributed by atoms with Crippen molar-refractivity contribution in [1.29, 1.82) is 0 Å². The van der Waals surface area contributed by atoms with Crippen molar-refractivity contribution in [2.75, 3.05) is 55.4 Å². The molecule has 1 aliphatic rings. The van der Waals surface area contributed by atoms with Crippen LogP contribution in [0.5, 0.6) is 0 Å². The van der Waals surface area contributed by atoms with Gasteiger partial charge in [0.15, 0.2) is 0 Å². The number of hydrogen-bond donors (Lipinski definition) is 1. The Morgan fingerprint density at radius 1 is 1.11 bits per heavy atom. The van der Waals surface area contributed by atoms with Crippen molar-refractivity contribution in [3.8, 4) is 0 Å². The Balaban J connectivity index is 1.62. The molecule has 0 aliphatic carbocycles. The van der Waals surface area contributed by atoms with Gasteiger partial charge in [0.25, 0.3) is 5.91 Å². The summed E-state index contributed by atoms with van der Waals surface area (Å²) in [6.07, 6.45) is 4.62. The van der Waals surface area contributed by atoms with Crippen LogP contribution in [0.15, 0.2) is 36.5 Å². The Bertz CT molecular complexity index is 1270. The van der Waals surface area contributed by atoms with Crippen molar-refractivity contribution in [3.63, 3.8) is 0 Å². The van der Waals surface area contributed by atoms with Crippen molar-refractivity contribution in [3.05, 3.63) is 53.3 Å². The van der Waals surface area contributed by atoms with Gasteiger partial charge in [0, 0.05) is 50.7 Å². The molecule has 2 amide bonds. The summed E-state index contributed by atoms with van der Waals surface area (Å²) < 4.78 is 2.08. The number of likely N-dealkylation sites (N-methyl/N-ethyl adjacent to an activating group) is 1. The quantitative estimate of drug-likeness (QED) is 0.441. The molecule has 1 aliphatic heterocycles. The van der Waals surface area contributed by atoms with Crippen molar-refractivity contribution < 1.29 is 9.59 Å². The van der Waals surface area contributed by atoms with Crippen LogP contribution in [0.4, 0.5) is 17.2 Å². The first kappa shape index (κ1) is 26.7. The fraction of sp³-hybridized carbons (Fsp3) is 0.483. The average molecular weight is 505 g/mol. The number of carbonyl (C=O) groups is 2. The highest BCUT2D eigenvalue weighted by Crippen LogP contribution is 2.31. The second-order valence-electron chi connectivity index (χ2n) is 10.6. The number of fused-ring (bicyclic) bond motifs is 2. The van der Waals surface area contributed by atoms with E-state index >= 15 is 0 Å². The Labute approximate surface area is 220 Å². The summed E-state index contributed by atoms with van der Waals surface area (Å²) in [5.74, 6) is 1.56. The third kappa shape index (κ3) is 5.96. The van der Waals surface area contributed by atoms with E-state index in [-0.39, 0.29) is 11.8 Å². The van der Waals surface area contributed by atoms with Gasteiger partial charge in [-0.2, -0.15) is 0 Å². The lowest BCUT2D eigenvalue weighted by Crippen LogP contribution is -2.34. The molecule has 8 nitrogen and oxygen atoms in total. The molecule has 0 spiro atoms. The SMILES string of the molecule is CCc1nc2ccc(C(=O)Nc3ccc4c(c3)CCN4C(C)=O)cn2c1N(CCC(C)C)CCN(C)C. The molecule has 1 aromatic carbocycles. The van der Waals surface area contributed by atoms with Crippen LogP contribution in [0.3, 0.4) is 0 Å². The van der Waals surface area contributed by atoms with Gasteiger partial charge in [0.05, 0.1) is 11.3 Å². The fourth-order valence-corrected chi connectivity index (χ4v) is 4.86. The van der Waals surface area contributed by atoms with Crippen LogP contribution in [-0.4, -0.2) is 66.4 Å². The van der Waals surface area contributed by atoms with E-state index in [0.717, 1.165) is 73.0 Å². The monoisotopic (exact) mass is 504 g/mol. The Hall–Kier alpha value is -3.39. The number of aromatic nitrogens is 2. The number of anilines is 3. The second-order valence-corrected chi connectivity index (χ2v) is 10.6. The van der Waals surface area contributed by atoms with E-state index in [1.165, 1.54) is 0 Å². The predicted octanol–water partition coefficient (Wildman–Crippen LogP) is 4.47. The number of pyridine rings is 1. The third-order valence-electron chi connectivity index (χ3n) is 6.97. The summed E-state index contributed by atoms with van der Waals surface area (Å²) in [6.45, 7) is 11.7. The van der Waals surface area contributed by atoms with Crippen LogP contribution in [0, 0.1) is 5.92 Å². The van der Waals surface area contributed by atoms with E-state index in [1.807, 2.05) is 36.5 Å². The number of hydrogen-bond acceptors (Lipinski definition) is 5. The molecule has 3 heterocycles. The molecule has 198 valence electrons. The van der Waals surface area contributed by atoms with Crippen molar-refractivity contribution >= 4 is 34.7 Å². The maximum absolute atomic E-state index is 13.3. The van der Waals surface area contributed by atoms with Crippen molar-refractivity contribution in [2.45, 2.75) is 47.0 Å². The maximum Gasteiger partial charge on any atom is 0.257 e. The summed E-state index contributed by atoms with van der Waals surface area (Å²) in [5, 5.41) is 3.05. The largest absolute Gasteiger partial charge is 0.355 e. The summed E-state index contributed by atoms with van der Waals surface area (Å²) in [7, 11) is 4.18. The molecule has 0 saturated carbocycles. The lowest BCUT2D eigenvalue weighted by molar-refractivity contribution is -0.116. The van der Waals surface area contributed by atoms with Crippen molar-refractivity contribution in [1.82, 2.24) is 14.3 Å². The number of imidazole rings is 1. The van der Waals surface area contributed by atoms with Crippen LogP contribution in [0.1, 0.15) is 55.7 Å². The minimum atomic E-state index is -0.164. The number of benzene rings is 1. The zero-order valence-corrected chi connectivity index (χ0v) is 23.0. The summed E-state index contributed by atoms with van der Waals surface area (Å²) in [6, 6.07) is 9.52. The van der Waals surface area contributed by atoms with Crippen LogP contribution in [-0.2, 0) is 17.6 Å². The molecule has 0 saturated heterocycles. The van der Waals surface area contributed by atoms with Gasteiger partial charge < -0.3 is 20.0 Å². The number of amides is 2. The molecule has 0 atom stereocenters. The van der Waals surface area contributed by atoms with Crippen LogP contribution < -0.4 is 15.1 Å². The number of carbonyl (C=O) groups excluding carboxylic acids is 2. The molecule has 4 rings (SSSR count). The average Bonchev–Trinajstić information content (AvgIpc) is 3.44. The molecular weight excluding hydrogens is 464 g/mol. The van der Waals surface area contributed by atoms with Gasteiger partial charge in [0.2, 0.25) is 5.91 Å². The second kappa shape index (κ2) is 11.3. The highest BCUT2D eigenvalue weighted by Gasteiger charge is 2.23. The van der Waals surface area contributed by atoms with E-state index in [2.05, 4.69) is 54.4 Å². The van der Waals surface area contributed by atoms with Crippen molar-refractivity contribution in [2.24, 2.45) is 5.92 Å². The van der Waals surface area contributed by atoms with E-state index in [4.69, 9.17) is 4.98 Å². The van der Waals surface area contributed by atoms with Gasteiger partial charge in [-0.15, -0.1) is 0 Å². The predicted molar refractivity (Wildman–Crippen MR) is 151 cm³/mol. The summed E-state index contributed by atoms with van der Waals surface area (Å²) in [4.78, 5) is 36.4. The van der Waals surface area contributed by atoms with Crippen LogP contribution >= 0.6 is 0 Å². The van der Waals surface area contributed by atoms with Gasteiger partial charge in [-0.05, 0) is 75.2 Å². The molecule has 0 fully saturated rings. The third-order valence-corrected chi connectivity index (χ3v) is 6.97.